The van der Waals surface area contributed by atoms with Crippen molar-refractivity contribution >= 4 is 11.9 Å². The number of nitrogens with one attached hydrogen (secondary N) is 1. The fourth-order valence-corrected chi connectivity index (χ4v) is 1.54. The van der Waals surface area contributed by atoms with Crippen molar-refractivity contribution in [3.05, 3.63) is 35.4 Å². The first kappa shape index (κ1) is 13.2. The van der Waals surface area contributed by atoms with Crippen LogP contribution in [0.1, 0.15) is 29.8 Å². The predicted molar refractivity (Wildman–Crippen MR) is 62.3 cm³/mol. The molecule has 0 bridgehead atoms. The number of hydrogen-bond donors (Lipinski definition) is 1. The second-order valence-electron chi connectivity index (χ2n) is 4.33. The van der Waals surface area contributed by atoms with Crippen LogP contribution in [0.2, 0.25) is 0 Å². The summed E-state index contributed by atoms with van der Waals surface area (Å²) in [6.07, 6.45) is 0. The van der Waals surface area contributed by atoms with Gasteiger partial charge in [-0.15, -0.1) is 0 Å². The lowest BCUT2D eigenvalue weighted by atomic mass is 10.0. The SMILES string of the molecule is Cc1ccccc1C(=O)N[C@@H](C(=O)[O-])C(C)C. The number of amides is 1. The monoisotopic (exact) mass is 234 g/mol. The Morgan fingerprint density at radius 3 is 2.29 bits per heavy atom. The third kappa shape index (κ3) is 3.31. The molecule has 0 saturated carbocycles. The quantitative estimate of drug-likeness (QED) is 0.824. The van der Waals surface area contributed by atoms with E-state index in [2.05, 4.69) is 5.32 Å². The number of carboxylic acids is 1. The van der Waals surface area contributed by atoms with Gasteiger partial charge in [0.05, 0.1) is 12.0 Å². The van der Waals surface area contributed by atoms with Crippen molar-refractivity contribution in [2.24, 2.45) is 5.92 Å². The Morgan fingerprint density at radius 2 is 1.82 bits per heavy atom. The van der Waals surface area contributed by atoms with Gasteiger partial charge in [-0.05, 0) is 24.5 Å². The zero-order valence-electron chi connectivity index (χ0n) is 10.2. The molecule has 0 aliphatic carbocycles. The smallest absolute Gasteiger partial charge is 0.252 e. The van der Waals surface area contributed by atoms with Crippen molar-refractivity contribution in [1.29, 1.82) is 0 Å². The average molecular weight is 234 g/mol. The molecular formula is C13H16NO3-. The van der Waals surface area contributed by atoms with Crippen molar-refractivity contribution in [1.82, 2.24) is 5.32 Å². The summed E-state index contributed by atoms with van der Waals surface area (Å²) in [5.74, 6) is -1.86. The minimum absolute atomic E-state index is 0.215. The zero-order valence-corrected chi connectivity index (χ0v) is 10.2. The van der Waals surface area contributed by atoms with Gasteiger partial charge in [0.1, 0.15) is 0 Å². The number of aryl methyl sites for hydroxylation is 1. The molecule has 1 rings (SSSR count). The number of carbonyl (C=O) groups excluding carboxylic acids is 2. The first-order valence-corrected chi connectivity index (χ1v) is 5.51. The number of benzene rings is 1. The van der Waals surface area contributed by atoms with Gasteiger partial charge in [0.15, 0.2) is 0 Å². The molecule has 0 heterocycles. The molecule has 1 aromatic rings. The molecule has 0 unspecified atom stereocenters. The third-order valence-electron chi connectivity index (χ3n) is 2.60. The number of carboxylic acid groups (broad SMARTS) is 1. The molecule has 0 aliphatic rings. The summed E-state index contributed by atoms with van der Waals surface area (Å²) >= 11 is 0. The van der Waals surface area contributed by atoms with E-state index in [0.29, 0.717) is 5.56 Å². The van der Waals surface area contributed by atoms with E-state index in [1.54, 1.807) is 39.0 Å². The standard InChI is InChI=1S/C13H17NO3/c1-8(2)11(13(16)17)14-12(15)10-7-5-4-6-9(10)3/h4-8,11H,1-3H3,(H,14,15)(H,16,17)/p-1/t11-/m1/s1. The number of aliphatic carboxylic acids is 1. The fourth-order valence-electron chi connectivity index (χ4n) is 1.54. The van der Waals surface area contributed by atoms with Crippen LogP contribution in [0.3, 0.4) is 0 Å². The van der Waals surface area contributed by atoms with E-state index in [1.165, 1.54) is 0 Å². The normalized spacial score (nSPS) is 12.2. The summed E-state index contributed by atoms with van der Waals surface area (Å²) in [5.41, 5.74) is 1.30. The van der Waals surface area contributed by atoms with E-state index in [0.717, 1.165) is 5.56 Å². The molecule has 17 heavy (non-hydrogen) atoms. The number of hydrogen-bond acceptors (Lipinski definition) is 3. The van der Waals surface area contributed by atoms with E-state index >= 15 is 0 Å². The Bertz CT molecular complexity index is 426. The molecule has 1 atom stereocenters. The molecule has 0 radical (unpaired) electrons. The lowest BCUT2D eigenvalue weighted by Crippen LogP contribution is -2.50. The summed E-state index contributed by atoms with van der Waals surface area (Å²) in [5, 5.41) is 13.3. The van der Waals surface area contributed by atoms with Gasteiger partial charge in [-0.25, -0.2) is 0 Å². The molecule has 1 amide bonds. The summed E-state index contributed by atoms with van der Waals surface area (Å²) in [6, 6.07) is 6.06. The second kappa shape index (κ2) is 5.48. The highest BCUT2D eigenvalue weighted by atomic mass is 16.4. The van der Waals surface area contributed by atoms with Crippen molar-refractivity contribution in [2.45, 2.75) is 26.8 Å². The van der Waals surface area contributed by atoms with Gasteiger partial charge in [-0.3, -0.25) is 4.79 Å². The highest BCUT2D eigenvalue weighted by Gasteiger charge is 2.18. The van der Waals surface area contributed by atoms with E-state index in [9.17, 15) is 14.7 Å². The van der Waals surface area contributed by atoms with Crippen LogP contribution >= 0.6 is 0 Å². The Balaban J connectivity index is 2.85. The van der Waals surface area contributed by atoms with E-state index < -0.39 is 12.0 Å². The maximum atomic E-state index is 11.9. The first-order chi connectivity index (χ1) is 7.93. The maximum absolute atomic E-state index is 11.9. The van der Waals surface area contributed by atoms with Crippen LogP contribution in [0.15, 0.2) is 24.3 Å². The van der Waals surface area contributed by atoms with Crippen molar-refractivity contribution < 1.29 is 14.7 Å². The number of carbonyl (C=O) groups is 2. The van der Waals surface area contributed by atoms with E-state index in [4.69, 9.17) is 0 Å². The highest BCUT2D eigenvalue weighted by Crippen LogP contribution is 2.08. The Hall–Kier alpha value is -1.84. The van der Waals surface area contributed by atoms with Crippen LogP contribution in [0.25, 0.3) is 0 Å². The summed E-state index contributed by atoms with van der Waals surface area (Å²) in [4.78, 5) is 22.7. The lowest BCUT2D eigenvalue weighted by molar-refractivity contribution is -0.309. The Kier molecular flexibility index (Phi) is 4.26. The van der Waals surface area contributed by atoms with Crippen LogP contribution in [-0.4, -0.2) is 17.9 Å². The summed E-state index contributed by atoms with van der Waals surface area (Å²) in [7, 11) is 0. The molecule has 92 valence electrons. The first-order valence-electron chi connectivity index (χ1n) is 5.51. The summed E-state index contributed by atoms with van der Waals surface area (Å²) in [6.45, 7) is 5.25. The van der Waals surface area contributed by atoms with Gasteiger partial charge in [-0.1, -0.05) is 32.0 Å². The van der Waals surface area contributed by atoms with Gasteiger partial charge in [0, 0.05) is 5.56 Å². The molecule has 0 fully saturated rings. The highest BCUT2D eigenvalue weighted by molar-refractivity contribution is 5.97. The van der Waals surface area contributed by atoms with Crippen LogP contribution in [-0.2, 0) is 4.79 Å². The predicted octanol–water partition coefficient (Wildman–Crippen LogP) is 0.499. The van der Waals surface area contributed by atoms with Gasteiger partial charge < -0.3 is 15.2 Å². The van der Waals surface area contributed by atoms with Gasteiger partial charge in [-0.2, -0.15) is 0 Å². The Morgan fingerprint density at radius 1 is 1.24 bits per heavy atom. The topological polar surface area (TPSA) is 69.2 Å². The maximum Gasteiger partial charge on any atom is 0.252 e. The van der Waals surface area contributed by atoms with Crippen LogP contribution < -0.4 is 10.4 Å². The van der Waals surface area contributed by atoms with E-state index in [-0.39, 0.29) is 11.8 Å². The fraction of sp³-hybridized carbons (Fsp3) is 0.385. The van der Waals surface area contributed by atoms with Crippen molar-refractivity contribution in [3.63, 3.8) is 0 Å². The average Bonchev–Trinajstić information content (AvgIpc) is 2.25. The van der Waals surface area contributed by atoms with Gasteiger partial charge >= 0.3 is 0 Å². The molecular weight excluding hydrogens is 218 g/mol. The summed E-state index contributed by atoms with van der Waals surface area (Å²) < 4.78 is 0. The molecule has 0 aromatic heterocycles. The van der Waals surface area contributed by atoms with Crippen LogP contribution in [0, 0.1) is 12.8 Å². The van der Waals surface area contributed by atoms with Crippen LogP contribution in [0.4, 0.5) is 0 Å². The second-order valence-corrected chi connectivity index (χ2v) is 4.33. The molecule has 1 aromatic carbocycles. The van der Waals surface area contributed by atoms with Gasteiger partial charge in [0.25, 0.3) is 5.91 Å². The molecule has 0 saturated heterocycles. The molecule has 1 N–H and O–H groups in total. The third-order valence-corrected chi connectivity index (χ3v) is 2.60. The van der Waals surface area contributed by atoms with Crippen LogP contribution in [0.5, 0.6) is 0 Å². The molecule has 4 nitrogen and oxygen atoms in total. The zero-order chi connectivity index (χ0) is 13.0. The molecule has 4 heteroatoms. The molecule has 0 aliphatic heterocycles. The lowest BCUT2D eigenvalue weighted by Gasteiger charge is -2.23. The van der Waals surface area contributed by atoms with Gasteiger partial charge in [0.2, 0.25) is 0 Å². The minimum Gasteiger partial charge on any atom is -0.548 e. The Labute approximate surface area is 101 Å². The largest absolute Gasteiger partial charge is 0.548 e. The molecule has 0 spiro atoms. The van der Waals surface area contributed by atoms with Crippen molar-refractivity contribution in [3.8, 4) is 0 Å². The minimum atomic E-state index is -1.26. The van der Waals surface area contributed by atoms with E-state index in [1.807, 2.05) is 6.07 Å². The van der Waals surface area contributed by atoms with Crippen molar-refractivity contribution in [2.75, 3.05) is 0 Å². The number of rotatable bonds is 4.